The molecule has 0 saturated carbocycles. The summed E-state index contributed by atoms with van der Waals surface area (Å²) >= 11 is 0. The van der Waals surface area contributed by atoms with Crippen LogP contribution in [0.4, 0.5) is 0 Å². The molecule has 2 amide bonds. The van der Waals surface area contributed by atoms with E-state index in [1.54, 1.807) is 17.0 Å². The topological polar surface area (TPSA) is 77.9 Å². The second-order valence-electron chi connectivity index (χ2n) is 6.52. The Bertz CT molecular complexity index is 641. The van der Waals surface area contributed by atoms with Gasteiger partial charge in [-0.1, -0.05) is 12.1 Å². The Morgan fingerprint density at radius 3 is 2.50 bits per heavy atom. The summed E-state index contributed by atoms with van der Waals surface area (Å²) < 4.78 is 0. The highest BCUT2D eigenvalue weighted by molar-refractivity contribution is 5.87. The van der Waals surface area contributed by atoms with Crippen molar-refractivity contribution in [1.29, 1.82) is 0 Å². The van der Waals surface area contributed by atoms with Gasteiger partial charge in [-0.25, -0.2) is 4.79 Å². The molecule has 0 spiro atoms. The summed E-state index contributed by atoms with van der Waals surface area (Å²) in [7, 11) is 0. The first-order valence-electron chi connectivity index (χ1n) is 8.43. The van der Waals surface area contributed by atoms with Gasteiger partial charge in [0.1, 0.15) is 0 Å². The van der Waals surface area contributed by atoms with Crippen molar-refractivity contribution in [3.8, 4) is 0 Å². The van der Waals surface area contributed by atoms with Crippen molar-refractivity contribution < 1.29 is 19.5 Å². The lowest BCUT2D eigenvalue weighted by molar-refractivity contribution is -0.139. The van der Waals surface area contributed by atoms with Crippen molar-refractivity contribution >= 4 is 17.8 Å². The van der Waals surface area contributed by atoms with Crippen LogP contribution in [0.2, 0.25) is 0 Å². The van der Waals surface area contributed by atoms with E-state index < -0.39 is 5.97 Å². The zero-order chi connectivity index (χ0) is 17.1. The Balaban J connectivity index is 1.62. The fourth-order valence-electron chi connectivity index (χ4n) is 3.51. The first kappa shape index (κ1) is 16.5. The molecule has 0 aliphatic carbocycles. The van der Waals surface area contributed by atoms with Gasteiger partial charge in [-0.3, -0.25) is 9.59 Å². The summed E-state index contributed by atoms with van der Waals surface area (Å²) in [5.41, 5.74) is 1.34. The molecular weight excluding hydrogens is 308 g/mol. The first-order valence-corrected chi connectivity index (χ1v) is 8.43. The molecule has 6 nitrogen and oxygen atoms in total. The highest BCUT2D eigenvalue weighted by atomic mass is 16.4. The molecule has 2 aliphatic rings. The monoisotopic (exact) mass is 330 g/mol. The van der Waals surface area contributed by atoms with Gasteiger partial charge in [0.25, 0.3) is 0 Å². The van der Waals surface area contributed by atoms with Crippen molar-refractivity contribution in [1.82, 2.24) is 9.80 Å². The van der Waals surface area contributed by atoms with Crippen LogP contribution in [0.3, 0.4) is 0 Å². The van der Waals surface area contributed by atoms with Gasteiger partial charge in [0, 0.05) is 32.0 Å². The predicted molar refractivity (Wildman–Crippen MR) is 87.8 cm³/mol. The lowest BCUT2D eigenvalue weighted by Crippen LogP contribution is -2.44. The third-order valence-electron chi connectivity index (χ3n) is 4.90. The molecule has 128 valence electrons. The fraction of sp³-hybridized carbons (Fsp3) is 0.500. The number of hydrogen-bond donors (Lipinski definition) is 1. The number of carbonyl (C=O) groups excluding carboxylic acids is 2. The number of carboxylic acids is 1. The highest BCUT2D eigenvalue weighted by Crippen LogP contribution is 2.27. The van der Waals surface area contributed by atoms with E-state index in [0.717, 1.165) is 31.4 Å². The molecular formula is C18H22N2O4. The average Bonchev–Trinajstić information content (AvgIpc) is 3.00. The smallest absolute Gasteiger partial charge is 0.335 e. The Labute approximate surface area is 141 Å². The quantitative estimate of drug-likeness (QED) is 0.912. The zero-order valence-electron chi connectivity index (χ0n) is 13.6. The molecule has 0 bridgehead atoms. The molecule has 1 aromatic carbocycles. The van der Waals surface area contributed by atoms with Crippen LogP contribution < -0.4 is 0 Å². The van der Waals surface area contributed by atoms with Gasteiger partial charge in [-0.2, -0.15) is 0 Å². The number of amides is 2. The third-order valence-corrected chi connectivity index (χ3v) is 4.90. The van der Waals surface area contributed by atoms with Gasteiger partial charge >= 0.3 is 5.97 Å². The van der Waals surface area contributed by atoms with Gasteiger partial charge in [0.2, 0.25) is 11.8 Å². The lowest BCUT2D eigenvalue weighted by Gasteiger charge is -2.34. The van der Waals surface area contributed by atoms with E-state index in [1.165, 1.54) is 0 Å². The minimum absolute atomic E-state index is 0.0112. The van der Waals surface area contributed by atoms with E-state index in [2.05, 4.69) is 0 Å². The van der Waals surface area contributed by atoms with Crippen molar-refractivity contribution in [3.63, 3.8) is 0 Å². The van der Waals surface area contributed by atoms with Crippen LogP contribution in [-0.2, 0) is 9.59 Å². The maximum absolute atomic E-state index is 12.5. The van der Waals surface area contributed by atoms with Crippen LogP contribution >= 0.6 is 0 Å². The molecule has 2 aliphatic heterocycles. The summed E-state index contributed by atoms with van der Waals surface area (Å²) in [6.45, 7) is 2.22. The number of nitrogens with zero attached hydrogens (tertiary/aromatic N) is 2. The average molecular weight is 330 g/mol. The second-order valence-corrected chi connectivity index (χ2v) is 6.52. The summed E-state index contributed by atoms with van der Waals surface area (Å²) in [4.78, 5) is 38.6. The molecule has 2 heterocycles. The zero-order valence-corrected chi connectivity index (χ0v) is 13.6. The minimum atomic E-state index is -0.933. The molecule has 6 heteroatoms. The molecule has 1 atom stereocenters. The van der Waals surface area contributed by atoms with Crippen LogP contribution in [0.5, 0.6) is 0 Å². The van der Waals surface area contributed by atoms with E-state index in [1.807, 2.05) is 17.0 Å². The minimum Gasteiger partial charge on any atom is -0.478 e. The van der Waals surface area contributed by atoms with Crippen LogP contribution in [-0.4, -0.2) is 58.9 Å². The Morgan fingerprint density at radius 1 is 1.12 bits per heavy atom. The van der Waals surface area contributed by atoms with Crippen molar-refractivity contribution in [2.75, 3.05) is 26.2 Å². The van der Waals surface area contributed by atoms with Gasteiger partial charge in [0.15, 0.2) is 0 Å². The fourth-order valence-corrected chi connectivity index (χ4v) is 3.51. The number of carbonyl (C=O) groups is 3. The molecule has 1 aromatic rings. The SMILES string of the molecule is O=C(O)c1ccc([C@H]2CCCN(C(=O)CN3CCCC3=O)C2)cc1. The van der Waals surface area contributed by atoms with Crippen molar-refractivity contribution in [3.05, 3.63) is 35.4 Å². The van der Waals surface area contributed by atoms with Crippen LogP contribution in [0, 0.1) is 0 Å². The number of piperidine rings is 1. The van der Waals surface area contributed by atoms with E-state index in [-0.39, 0.29) is 29.8 Å². The van der Waals surface area contributed by atoms with Crippen molar-refractivity contribution in [2.45, 2.75) is 31.6 Å². The number of carboxylic acid groups (broad SMARTS) is 1. The number of rotatable bonds is 4. The van der Waals surface area contributed by atoms with Crippen LogP contribution in [0.1, 0.15) is 47.5 Å². The number of aromatic carboxylic acids is 1. The summed E-state index contributed by atoms with van der Waals surface area (Å²) in [6.07, 6.45) is 3.29. The molecule has 0 aromatic heterocycles. The maximum atomic E-state index is 12.5. The number of hydrogen-bond acceptors (Lipinski definition) is 3. The van der Waals surface area contributed by atoms with E-state index in [4.69, 9.17) is 5.11 Å². The van der Waals surface area contributed by atoms with Crippen LogP contribution in [0.25, 0.3) is 0 Å². The third kappa shape index (κ3) is 3.58. The molecule has 1 N–H and O–H groups in total. The second kappa shape index (κ2) is 7.03. The van der Waals surface area contributed by atoms with Gasteiger partial charge in [0.05, 0.1) is 12.1 Å². The first-order chi connectivity index (χ1) is 11.5. The summed E-state index contributed by atoms with van der Waals surface area (Å²) in [5.74, 6) is -0.629. The Hall–Kier alpha value is -2.37. The molecule has 0 radical (unpaired) electrons. The summed E-state index contributed by atoms with van der Waals surface area (Å²) in [6, 6.07) is 6.90. The molecule has 2 saturated heterocycles. The van der Waals surface area contributed by atoms with Crippen LogP contribution in [0.15, 0.2) is 24.3 Å². The van der Waals surface area contributed by atoms with Gasteiger partial charge in [-0.15, -0.1) is 0 Å². The van der Waals surface area contributed by atoms with Crippen molar-refractivity contribution in [2.24, 2.45) is 0 Å². The Morgan fingerprint density at radius 2 is 1.88 bits per heavy atom. The molecule has 0 unspecified atom stereocenters. The maximum Gasteiger partial charge on any atom is 0.335 e. The number of likely N-dealkylation sites (tertiary alicyclic amines) is 2. The van der Waals surface area contributed by atoms with E-state index >= 15 is 0 Å². The summed E-state index contributed by atoms with van der Waals surface area (Å²) in [5, 5.41) is 8.97. The Kier molecular flexibility index (Phi) is 4.83. The largest absolute Gasteiger partial charge is 0.478 e. The number of benzene rings is 1. The standard InChI is InChI=1S/C18H22N2O4/c21-16-4-2-10-20(16)12-17(22)19-9-1-3-15(11-19)13-5-7-14(8-6-13)18(23)24/h5-8,15H,1-4,9-12H2,(H,23,24)/t15-/m0/s1. The van der Waals surface area contributed by atoms with E-state index in [0.29, 0.717) is 19.5 Å². The molecule has 2 fully saturated rings. The molecule has 3 rings (SSSR count). The highest BCUT2D eigenvalue weighted by Gasteiger charge is 2.28. The molecule has 24 heavy (non-hydrogen) atoms. The van der Waals surface area contributed by atoms with Gasteiger partial charge in [-0.05, 0) is 37.0 Å². The predicted octanol–water partition coefficient (Wildman–Crippen LogP) is 1.71. The lowest BCUT2D eigenvalue weighted by atomic mass is 9.90. The van der Waals surface area contributed by atoms with E-state index in [9.17, 15) is 14.4 Å². The normalized spacial score (nSPS) is 21.2. The van der Waals surface area contributed by atoms with Gasteiger partial charge < -0.3 is 14.9 Å².